The Balaban J connectivity index is 2.05. The molecule has 0 radical (unpaired) electrons. The number of anilines is 1. The Kier molecular flexibility index (Phi) is 8.80. The highest BCUT2D eigenvalue weighted by Crippen LogP contribution is 2.36. The zero-order chi connectivity index (χ0) is 23.9. The van der Waals surface area contributed by atoms with Gasteiger partial charge in [-0.25, -0.2) is 8.42 Å². The average molecular weight is 493 g/mol. The lowest BCUT2D eigenvalue weighted by Gasteiger charge is -2.24. The predicted molar refractivity (Wildman–Crippen MR) is 118 cm³/mol. The third-order valence-corrected chi connectivity index (χ3v) is 5.89. The SMILES string of the molecule is CCOc1ccccc1CCCNC(=O)CN(c1cc(C(F)(F)F)ccc1Cl)S(C)(=O)=O. The van der Waals surface area contributed by atoms with Crippen molar-refractivity contribution >= 4 is 33.2 Å². The van der Waals surface area contributed by atoms with Crippen molar-refractivity contribution in [2.75, 3.05) is 30.3 Å². The van der Waals surface area contributed by atoms with Crippen LogP contribution in [-0.4, -0.2) is 40.3 Å². The largest absolute Gasteiger partial charge is 0.494 e. The minimum atomic E-state index is -4.69. The fourth-order valence-corrected chi connectivity index (χ4v) is 4.09. The van der Waals surface area contributed by atoms with Gasteiger partial charge in [-0.1, -0.05) is 29.8 Å². The number of hydrogen-bond donors (Lipinski definition) is 1. The number of alkyl halides is 3. The minimum absolute atomic E-state index is 0.219. The van der Waals surface area contributed by atoms with Crippen LogP contribution in [0.2, 0.25) is 5.02 Å². The first-order chi connectivity index (χ1) is 14.9. The van der Waals surface area contributed by atoms with Crippen LogP contribution in [0, 0.1) is 0 Å². The maximum atomic E-state index is 13.0. The highest BCUT2D eigenvalue weighted by Gasteiger charge is 2.33. The van der Waals surface area contributed by atoms with Crippen LogP contribution < -0.4 is 14.4 Å². The number of nitrogens with one attached hydrogen (secondary N) is 1. The zero-order valence-corrected chi connectivity index (χ0v) is 19.1. The topological polar surface area (TPSA) is 75.7 Å². The number of carbonyl (C=O) groups is 1. The minimum Gasteiger partial charge on any atom is -0.494 e. The summed E-state index contributed by atoms with van der Waals surface area (Å²) in [6.07, 6.45) is -2.73. The number of amides is 1. The van der Waals surface area contributed by atoms with Crippen LogP contribution >= 0.6 is 11.6 Å². The van der Waals surface area contributed by atoms with Crippen molar-refractivity contribution in [3.8, 4) is 5.75 Å². The molecule has 32 heavy (non-hydrogen) atoms. The molecule has 2 aromatic carbocycles. The fraction of sp³-hybridized carbons (Fsp3) is 0.381. The van der Waals surface area contributed by atoms with Crippen molar-refractivity contribution in [1.82, 2.24) is 5.32 Å². The lowest BCUT2D eigenvalue weighted by molar-refractivity contribution is -0.137. The second-order valence-electron chi connectivity index (χ2n) is 6.93. The number of benzene rings is 2. The molecule has 0 bridgehead atoms. The van der Waals surface area contributed by atoms with Crippen LogP contribution in [0.15, 0.2) is 42.5 Å². The van der Waals surface area contributed by atoms with Gasteiger partial charge in [0, 0.05) is 6.54 Å². The molecular weight excluding hydrogens is 469 g/mol. The van der Waals surface area contributed by atoms with E-state index in [9.17, 15) is 26.4 Å². The Hall–Kier alpha value is -2.46. The van der Waals surface area contributed by atoms with Crippen molar-refractivity contribution in [2.45, 2.75) is 25.9 Å². The number of sulfonamides is 1. The maximum absolute atomic E-state index is 13.0. The number of halogens is 4. The molecule has 0 atom stereocenters. The van der Waals surface area contributed by atoms with E-state index in [4.69, 9.17) is 16.3 Å². The Bertz CT molecular complexity index is 1050. The molecule has 2 rings (SSSR count). The Morgan fingerprint density at radius 1 is 1.19 bits per heavy atom. The van der Waals surface area contributed by atoms with Gasteiger partial charge in [-0.2, -0.15) is 13.2 Å². The molecule has 0 saturated carbocycles. The van der Waals surface area contributed by atoms with Crippen LogP contribution in [-0.2, 0) is 27.4 Å². The average Bonchev–Trinajstić information content (AvgIpc) is 2.69. The molecule has 0 fully saturated rings. The van der Waals surface area contributed by atoms with Crippen molar-refractivity contribution in [2.24, 2.45) is 0 Å². The van der Waals surface area contributed by atoms with Crippen molar-refractivity contribution in [3.63, 3.8) is 0 Å². The summed E-state index contributed by atoms with van der Waals surface area (Å²) in [6.45, 7) is 1.94. The van der Waals surface area contributed by atoms with E-state index < -0.39 is 39.9 Å². The Labute approximate surface area is 190 Å². The molecule has 0 aliphatic rings. The second-order valence-corrected chi connectivity index (χ2v) is 9.24. The van der Waals surface area contributed by atoms with E-state index in [1.54, 1.807) is 0 Å². The third kappa shape index (κ3) is 7.30. The first-order valence-corrected chi connectivity index (χ1v) is 12.0. The normalized spacial score (nSPS) is 11.8. The smallest absolute Gasteiger partial charge is 0.416 e. The van der Waals surface area contributed by atoms with E-state index in [1.165, 1.54) is 0 Å². The van der Waals surface area contributed by atoms with E-state index in [1.807, 2.05) is 31.2 Å². The lowest BCUT2D eigenvalue weighted by atomic mass is 10.1. The highest BCUT2D eigenvalue weighted by atomic mass is 35.5. The second kappa shape index (κ2) is 10.9. The monoisotopic (exact) mass is 492 g/mol. The van der Waals surface area contributed by atoms with Gasteiger partial charge in [0.2, 0.25) is 15.9 Å². The predicted octanol–water partition coefficient (Wildman–Crippen LogP) is 4.27. The molecule has 0 heterocycles. The summed E-state index contributed by atoms with van der Waals surface area (Å²) in [6, 6.07) is 9.79. The number of para-hydroxylation sites is 1. The van der Waals surface area contributed by atoms with Crippen molar-refractivity contribution in [3.05, 3.63) is 58.6 Å². The van der Waals surface area contributed by atoms with Crippen molar-refractivity contribution in [1.29, 1.82) is 0 Å². The number of ether oxygens (including phenoxy) is 1. The van der Waals surface area contributed by atoms with Gasteiger partial charge >= 0.3 is 6.18 Å². The lowest BCUT2D eigenvalue weighted by Crippen LogP contribution is -2.41. The van der Waals surface area contributed by atoms with Crippen LogP contribution in [0.4, 0.5) is 18.9 Å². The number of nitrogens with zero attached hydrogens (tertiary/aromatic N) is 1. The van der Waals surface area contributed by atoms with Gasteiger partial charge in [0.1, 0.15) is 12.3 Å². The molecule has 0 saturated heterocycles. The molecule has 0 spiro atoms. The summed E-state index contributed by atoms with van der Waals surface area (Å²) in [5.41, 5.74) is -0.513. The first-order valence-electron chi connectivity index (χ1n) is 9.75. The summed E-state index contributed by atoms with van der Waals surface area (Å²) in [5, 5.41) is 2.37. The molecule has 176 valence electrons. The summed E-state index contributed by atoms with van der Waals surface area (Å²) in [4.78, 5) is 12.3. The van der Waals surface area contributed by atoms with E-state index in [-0.39, 0.29) is 11.6 Å². The van der Waals surface area contributed by atoms with Crippen LogP contribution in [0.5, 0.6) is 5.75 Å². The van der Waals surface area contributed by atoms with Gasteiger partial charge in [-0.05, 0) is 49.6 Å². The van der Waals surface area contributed by atoms with Gasteiger partial charge < -0.3 is 10.1 Å². The molecule has 1 amide bonds. The van der Waals surface area contributed by atoms with Gasteiger partial charge in [0.15, 0.2) is 0 Å². The molecule has 1 N–H and O–H groups in total. The van der Waals surface area contributed by atoms with E-state index in [0.29, 0.717) is 29.8 Å². The molecule has 2 aromatic rings. The molecule has 11 heteroatoms. The number of hydrogen-bond acceptors (Lipinski definition) is 4. The summed E-state index contributed by atoms with van der Waals surface area (Å²) in [5.74, 6) is 0.0887. The van der Waals surface area contributed by atoms with Crippen molar-refractivity contribution < 1.29 is 31.1 Å². The standard InChI is InChI=1S/C21H24ClF3N2O4S/c1-3-31-19-9-5-4-7-15(19)8-6-12-26-20(28)14-27(32(2,29)30)18-13-16(21(23,24)25)10-11-17(18)22/h4-5,7,9-11,13H,3,6,8,12,14H2,1-2H3,(H,26,28). The Morgan fingerprint density at radius 3 is 2.50 bits per heavy atom. The molecule has 0 unspecified atom stereocenters. The molecular formula is C21H24ClF3N2O4S. The number of carbonyl (C=O) groups excluding carboxylic acids is 1. The van der Waals surface area contributed by atoms with E-state index in [2.05, 4.69) is 5.32 Å². The van der Waals surface area contributed by atoms with Crippen LogP contribution in [0.1, 0.15) is 24.5 Å². The van der Waals surface area contributed by atoms with Gasteiger partial charge in [0.25, 0.3) is 0 Å². The molecule has 0 aliphatic carbocycles. The van der Waals surface area contributed by atoms with Crippen LogP contribution in [0.25, 0.3) is 0 Å². The third-order valence-electron chi connectivity index (χ3n) is 4.45. The van der Waals surface area contributed by atoms with Gasteiger partial charge in [-0.3, -0.25) is 9.10 Å². The Morgan fingerprint density at radius 2 is 1.88 bits per heavy atom. The van der Waals surface area contributed by atoms with E-state index in [0.717, 1.165) is 29.7 Å². The summed E-state index contributed by atoms with van der Waals surface area (Å²) >= 11 is 5.95. The number of aryl methyl sites for hydroxylation is 1. The first kappa shape index (κ1) is 25.8. The van der Waals surface area contributed by atoms with Crippen LogP contribution in [0.3, 0.4) is 0 Å². The maximum Gasteiger partial charge on any atom is 0.416 e. The van der Waals surface area contributed by atoms with E-state index >= 15 is 0 Å². The summed E-state index contributed by atoms with van der Waals surface area (Å²) in [7, 11) is -4.08. The molecule has 6 nitrogen and oxygen atoms in total. The summed E-state index contributed by atoms with van der Waals surface area (Å²) < 4.78 is 69.6. The quantitative estimate of drug-likeness (QED) is 0.502. The number of rotatable bonds is 10. The fourth-order valence-electron chi connectivity index (χ4n) is 2.96. The molecule has 0 aliphatic heterocycles. The van der Waals surface area contributed by atoms with Gasteiger partial charge in [-0.15, -0.1) is 0 Å². The highest BCUT2D eigenvalue weighted by molar-refractivity contribution is 7.92. The van der Waals surface area contributed by atoms with Gasteiger partial charge in [0.05, 0.1) is 29.1 Å². The molecule has 0 aromatic heterocycles. The zero-order valence-electron chi connectivity index (χ0n) is 17.6.